The molecule has 2 unspecified atom stereocenters. The van der Waals surface area contributed by atoms with E-state index < -0.39 is 0 Å². The van der Waals surface area contributed by atoms with Gasteiger partial charge in [0.25, 0.3) is 0 Å². The van der Waals surface area contributed by atoms with E-state index in [1.54, 1.807) is 0 Å². The first-order valence-corrected chi connectivity index (χ1v) is 7.74. The average Bonchev–Trinajstić information content (AvgIpc) is 2.30. The summed E-state index contributed by atoms with van der Waals surface area (Å²) in [6.07, 6.45) is 14.3. The minimum atomic E-state index is 0.938. The Morgan fingerprint density at radius 3 is 1.94 bits per heavy atom. The molecule has 0 spiro atoms. The van der Waals surface area contributed by atoms with Gasteiger partial charge < -0.3 is 0 Å². The first-order valence-electron chi connectivity index (χ1n) is 7.74. The van der Waals surface area contributed by atoms with Gasteiger partial charge in [-0.3, -0.25) is 0 Å². The quantitative estimate of drug-likeness (QED) is 0.368. The summed E-state index contributed by atoms with van der Waals surface area (Å²) in [7, 11) is 0. The van der Waals surface area contributed by atoms with Gasteiger partial charge in [-0.15, -0.1) is 0 Å². The molecule has 0 bridgehead atoms. The molecule has 0 heterocycles. The third kappa shape index (κ3) is 9.24. The van der Waals surface area contributed by atoms with Crippen molar-refractivity contribution in [3.8, 4) is 0 Å². The lowest BCUT2D eigenvalue weighted by Gasteiger charge is -2.20. The van der Waals surface area contributed by atoms with Gasteiger partial charge in [0.2, 0.25) is 0 Å². The zero-order valence-electron chi connectivity index (χ0n) is 12.2. The maximum absolute atomic E-state index is 2.42. The molecular weight excluding hydrogens is 192 g/mol. The van der Waals surface area contributed by atoms with Crippen molar-refractivity contribution in [2.75, 3.05) is 0 Å². The summed E-state index contributed by atoms with van der Waals surface area (Å²) in [6.45, 7) is 9.37. The Labute approximate surface area is 104 Å². The second-order valence-electron chi connectivity index (χ2n) is 5.61. The maximum Gasteiger partial charge on any atom is -0.0412 e. The molecule has 0 aliphatic heterocycles. The molecule has 0 amide bonds. The van der Waals surface area contributed by atoms with Gasteiger partial charge in [-0.05, 0) is 18.3 Å². The SMILES string of the molecule is CCCCCCC(CCCC)CC(C)CC. The van der Waals surface area contributed by atoms with E-state index >= 15 is 0 Å². The molecule has 0 radical (unpaired) electrons. The molecule has 98 valence electrons. The second-order valence-corrected chi connectivity index (χ2v) is 5.61. The van der Waals surface area contributed by atoms with Crippen LogP contribution in [0.3, 0.4) is 0 Å². The van der Waals surface area contributed by atoms with E-state index in [0.29, 0.717) is 0 Å². The molecule has 0 saturated heterocycles. The lowest BCUT2D eigenvalue weighted by atomic mass is 9.86. The number of unbranched alkanes of at least 4 members (excludes halogenated alkanes) is 4. The standard InChI is InChI=1S/C16H34/c1-5-8-10-11-13-16(12-9-6-2)14-15(4)7-3/h15-16H,5-14H2,1-4H3. The van der Waals surface area contributed by atoms with E-state index in [9.17, 15) is 0 Å². The van der Waals surface area contributed by atoms with Crippen LogP contribution < -0.4 is 0 Å². The molecule has 0 aromatic rings. The maximum atomic E-state index is 2.42. The summed E-state index contributed by atoms with van der Waals surface area (Å²) in [5.74, 6) is 1.96. The third-order valence-electron chi connectivity index (χ3n) is 3.86. The van der Waals surface area contributed by atoms with Gasteiger partial charge in [-0.1, -0.05) is 85.5 Å². The predicted molar refractivity (Wildman–Crippen MR) is 75.8 cm³/mol. The number of hydrogen-bond donors (Lipinski definition) is 0. The average molecular weight is 226 g/mol. The lowest BCUT2D eigenvalue weighted by molar-refractivity contribution is 0.327. The molecule has 0 aliphatic carbocycles. The molecule has 2 atom stereocenters. The number of hydrogen-bond acceptors (Lipinski definition) is 0. The largest absolute Gasteiger partial charge is 0.0654 e. The summed E-state index contributed by atoms with van der Waals surface area (Å²) >= 11 is 0. The summed E-state index contributed by atoms with van der Waals surface area (Å²) < 4.78 is 0. The van der Waals surface area contributed by atoms with Crippen molar-refractivity contribution in [1.29, 1.82) is 0 Å². The van der Waals surface area contributed by atoms with Crippen molar-refractivity contribution in [3.63, 3.8) is 0 Å². The molecule has 0 aromatic heterocycles. The van der Waals surface area contributed by atoms with E-state index in [4.69, 9.17) is 0 Å². The summed E-state index contributed by atoms with van der Waals surface area (Å²) in [5.41, 5.74) is 0. The minimum absolute atomic E-state index is 0.938. The Bertz CT molecular complexity index is 128. The molecule has 0 N–H and O–H groups in total. The molecule has 0 fully saturated rings. The Morgan fingerprint density at radius 1 is 0.750 bits per heavy atom. The zero-order chi connectivity index (χ0) is 12.2. The molecule has 0 rings (SSSR count). The van der Waals surface area contributed by atoms with Crippen molar-refractivity contribution in [2.24, 2.45) is 11.8 Å². The minimum Gasteiger partial charge on any atom is -0.0654 e. The van der Waals surface area contributed by atoms with Gasteiger partial charge in [0.15, 0.2) is 0 Å². The third-order valence-corrected chi connectivity index (χ3v) is 3.86. The summed E-state index contributed by atoms with van der Waals surface area (Å²) in [5, 5.41) is 0. The van der Waals surface area contributed by atoms with E-state index in [2.05, 4.69) is 27.7 Å². The van der Waals surface area contributed by atoms with Gasteiger partial charge in [0.05, 0.1) is 0 Å². The van der Waals surface area contributed by atoms with Crippen LogP contribution in [0.15, 0.2) is 0 Å². The Morgan fingerprint density at radius 2 is 1.38 bits per heavy atom. The van der Waals surface area contributed by atoms with Gasteiger partial charge in [-0.2, -0.15) is 0 Å². The van der Waals surface area contributed by atoms with E-state index in [1.807, 2.05) is 0 Å². The van der Waals surface area contributed by atoms with Crippen LogP contribution in [0.1, 0.15) is 91.9 Å². The van der Waals surface area contributed by atoms with Crippen LogP contribution in [-0.4, -0.2) is 0 Å². The highest BCUT2D eigenvalue weighted by atomic mass is 14.2. The molecule has 0 saturated carbocycles. The molecule has 0 aromatic carbocycles. The van der Waals surface area contributed by atoms with Crippen molar-refractivity contribution in [3.05, 3.63) is 0 Å². The first-order chi connectivity index (χ1) is 7.74. The Hall–Kier alpha value is 0. The van der Waals surface area contributed by atoms with Gasteiger partial charge >= 0.3 is 0 Å². The van der Waals surface area contributed by atoms with Crippen LogP contribution in [-0.2, 0) is 0 Å². The smallest absolute Gasteiger partial charge is 0.0412 e. The van der Waals surface area contributed by atoms with Gasteiger partial charge in [0, 0.05) is 0 Å². The highest BCUT2D eigenvalue weighted by Crippen LogP contribution is 2.25. The fourth-order valence-electron chi connectivity index (χ4n) is 2.47. The van der Waals surface area contributed by atoms with Crippen LogP contribution in [0, 0.1) is 11.8 Å². The van der Waals surface area contributed by atoms with Gasteiger partial charge in [0.1, 0.15) is 0 Å². The van der Waals surface area contributed by atoms with E-state index in [-0.39, 0.29) is 0 Å². The number of rotatable bonds is 11. The molecule has 16 heavy (non-hydrogen) atoms. The van der Waals surface area contributed by atoms with Crippen LogP contribution >= 0.6 is 0 Å². The molecule has 0 heteroatoms. The van der Waals surface area contributed by atoms with Crippen molar-refractivity contribution < 1.29 is 0 Å². The molecular formula is C16H34. The van der Waals surface area contributed by atoms with Crippen LogP contribution in [0.2, 0.25) is 0 Å². The topological polar surface area (TPSA) is 0 Å². The van der Waals surface area contributed by atoms with Crippen LogP contribution in [0.25, 0.3) is 0 Å². The predicted octanol–water partition coefficient (Wildman–Crippen LogP) is 6.20. The van der Waals surface area contributed by atoms with Crippen molar-refractivity contribution >= 4 is 0 Å². The monoisotopic (exact) mass is 226 g/mol. The van der Waals surface area contributed by atoms with Gasteiger partial charge in [-0.25, -0.2) is 0 Å². The fourth-order valence-corrected chi connectivity index (χ4v) is 2.47. The Balaban J connectivity index is 3.71. The fraction of sp³-hybridized carbons (Fsp3) is 1.00. The summed E-state index contributed by atoms with van der Waals surface area (Å²) in [6, 6.07) is 0. The van der Waals surface area contributed by atoms with Crippen molar-refractivity contribution in [2.45, 2.75) is 91.9 Å². The lowest BCUT2D eigenvalue weighted by Crippen LogP contribution is -2.06. The first kappa shape index (κ1) is 16.0. The molecule has 0 nitrogen and oxygen atoms in total. The highest BCUT2D eigenvalue weighted by Gasteiger charge is 2.11. The normalized spacial score (nSPS) is 15.0. The van der Waals surface area contributed by atoms with E-state index in [0.717, 1.165) is 11.8 Å². The Kier molecular flexibility index (Phi) is 11.5. The second kappa shape index (κ2) is 11.5. The van der Waals surface area contributed by atoms with Crippen molar-refractivity contribution in [1.82, 2.24) is 0 Å². The van der Waals surface area contributed by atoms with Crippen LogP contribution in [0.5, 0.6) is 0 Å². The van der Waals surface area contributed by atoms with Crippen LogP contribution in [0.4, 0.5) is 0 Å². The molecule has 0 aliphatic rings. The zero-order valence-corrected chi connectivity index (χ0v) is 12.2. The van der Waals surface area contributed by atoms with E-state index in [1.165, 1.54) is 64.2 Å². The highest BCUT2D eigenvalue weighted by molar-refractivity contribution is 4.64. The summed E-state index contributed by atoms with van der Waals surface area (Å²) in [4.78, 5) is 0.